The lowest BCUT2D eigenvalue weighted by atomic mass is 9.82. The van der Waals surface area contributed by atoms with Crippen LogP contribution in [0.4, 0.5) is 0 Å². The molecule has 0 amide bonds. The minimum atomic E-state index is -3.63. The van der Waals surface area contributed by atoms with Gasteiger partial charge < -0.3 is 26.2 Å². The van der Waals surface area contributed by atoms with Gasteiger partial charge in [-0.3, -0.25) is 4.79 Å². The first kappa shape index (κ1) is 25.6. The highest BCUT2D eigenvalue weighted by molar-refractivity contribution is 7.88. The van der Waals surface area contributed by atoms with E-state index in [2.05, 4.69) is 4.72 Å². The van der Waals surface area contributed by atoms with Crippen molar-refractivity contribution in [3.05, 3.63) is 71.8 Å². The molecule has 5 rings (SSSR count). The number of esters is 1. The van der Waals surface area contributed by atoms with Crippen molar-refractivity contribution in [3.8, 4) is 0 Å². The van der Waals surface area contributed by atoms with E-state index in [1.165, 1.54) is 0 Å². The highest BCUT2D eigenvalue weighted by atomic mass is 79.9. The first-order valence-corrected chi connectivity index (χ1v) is 12.8. The lowest BCUT2D eigenvalue weighted by Crippen LogP contribution is -3.00. The van der Waals surface area contributed by atoms with E-state index in [9.17, 15) is 18.0 Å². The summed E-state index contributed by atoms with van der Waals surface area (Å²) in [6.45, 7) is 2.74. The number of benzene rings is 2. The zero-order valence-corrected chi connectivity index (χ0v) is 20.9. The molecule has 1 unspecified atom stereocenters. The second kappa shape index (κ2) is 10.5. The number of carbonyl (C=O) groups excluding carboxylic acids is 2. The van der Waals surface area contributed by atoms with Gasteiger partial charge in [-0.25, -0.2) is 13.2 Å². The van der Waals surface area contributed by atoms with Crippen LogP contribution >= 0.6 is 0 Å². The second-order valence-electron chi connectivity index (χ2n) is 8.97. The maximum absolute atomic E-state index is 13.1. The highest BCUT2D eigenvalue weighted by Gasteiger charge is 2.49. The number of ether oxygens (including phenoxy) is 1. The van der Waals surface area contributed by atoms with Crippen molar-refractivity contribution in [3.63, 3.8) is 0 Å². The molecule has 3 saturated heterocycles. The average Bonchev–Trinajstić information content (AvgIpc) is 2.78. The van der Waals surface area contributed by atoms with Crippen LogP contribution < -0.4 is 21.7 Å². The van der Waals surface area contributed by atoms with Crippen molar-refractivity contribution >= 4 is 21.8 Å². The third-order valence-electron chi connectivity index (χ3n) is 6.58. The Balaban J connectivity index is 0.00000306. The third kappa shape index (κ3) is 6.29. The molecule has 3 fully saturated rings. The van der Waals surface area contributed by atoms with Crippen LogP contribution in [0.5, 0.6) is 0 Å². The molecular weight excluding hydrogens is 508 g/mol. The Bertz CT molecular complexity index is 1070. The minimum Gasteiger partial charge on any atom is -1.00 e. The van der Waals surface area contributed by atoms with Crippen LogP contribution in [0.1, 0.15) is 34.8 Å². The summed E-state index contributed by atoms with van der Waals surface area (Å²) in [7, 11) is -3.63. The van der Waals surface area contributed by atoms with E-state index >= 15 is 0 Å². The third-order valence-corrected chi connectivity index (χ3v) is 7.25. The lowest BCUT2D eigenvalue weighted by molar-refractivity contribution is -0.938. The molecule has 2 bridgehead atoms. The van der Waals surface area contributed by atoms with Crippen LogP contribution in [-0.4, -0.2) is 63.2 Å². The van der Waals surface area contributed by atoms with Crippen molar-refractivity contribution in [1.29, 1.82) is 0 Å². The Kier molecular flexibility index (Phi) is 8.10. The molecule has 33 heavy (non-hydrogen) atoms. The molecule has 0 spiro atoms. The van der Waals surface area contributed by atoms with Gasteiger partial charge in [-0.1, -0.05) is 60.7 Å². The number of nitrogens with zero attached hydrogens (tertiary/aromatic N) is 1. The summed E-state index contributed by atoms with van der Waals surface area (Å²) in [5.41, 5.74) is 1.23. The Morgan fingerprint density at radius 2 is 1.61 bits per heavy atom. The largest absolute Gasteiger partial charge is 1.00 e. The molecule has 3 heterocycles. The summed E-state index contributed by atoms with van der Waals surface area (Å²) in [6, 6.07) is 16.9. The van der Waals surface area contributed by atoms with E-state index < -0.39 is 22.0 Å². The fourth-order valence-electron chi connectivity index (χ4n) is 4.93. The summed E-state index contributed by atoms with van der Waals surface area (Å²) < 4.78 is 32.7. The van der Waals surface area contributed by atoms with E-state index in [0.29, 0.717) is 28.7 Å². The highest BCUT2D eigenvalue weighted by Crippen LogP contribution is 2.36. The van der Waals surface area contributed by atoms with Gasteiger partial charge >= 0.3 is 5.97 Å². The van der Waals surface area contributed by atoms with Crippen molar-refractivity contribution in [2.24, 2.45) is 5.92 Å². The molecule has 0 radical (unpaired) electrons. The molecule has 3 aliphatic heterocycles. The number of sulfonamides is 1. The maximum Gasteiger partial charge on any atom is 0.329 e. The first-order chi connectivity index (χ1) is 15.2. The maximum atomic E-state index is 13.1. The fraction of sp³-hybridized carbons (Fsp3) is 0.417. The van der Waals surface area contributed by atoms with Crippen molar-refractivity contribution < 1.29 is 44.2 Å². The number of ketones is 1. The number of halogens is 1. The van der Waals surface area contributed by atoms with Gasteiger partial charge in [0.2, 0.25) is 15.8 Å². The molecule has 7 nitrogen and oxygen atoms in total. The summed E-state index contributed by atoms with van der Waals surface area (Å²) in [4.78, 5) is 26.0. The molecule has 2 aromatic rings. The fourth-order valence-corrected chi connectivity index (χ4v) is 5.59. The molecule has 0 aliphatic carbocycles. The van der Waals surface area contributed by atoms with E-state index in [4.69, 9.17) is 4.74 Å². The van der Waals surface area contributed by atoms with Crippen molar-refractivity contribution in [1.82, 2.24) is 4.72 Å². The van der Waals surface area contributed by atoms with E-state index in [1.807, 2.05) is 30.3 Å². The molecule has 2 aromatic carbocycles. The quantitative estimate of drug-likeness (QED) is 0.274. The molecular formula is C24H29BrN2O5S. The van der Waals surface area contributed by atoms with E-state index in [-0.39, 0.29) is 34.8 Å². The molecule has 9 heteroatoms. The predicted octanol–water partition coefficient (Wildman–Crippen LogP) is -0.684. The molecule has 0 aromatic heterocycles. The van der Waals surface area contributed by atoms with Crippen molar-refractivity contribution in [2.45, 2.75) is 25.0 Å². The van der Waals surface area contributed by atoms with Crippen LogP contribution in [0.3, 0.4) is 0 Å². The second-order valence-corrected chi connectivity index (χ2v) is 10.7. The molecule has 0 saturated carbocycles. The van der Waals surface area contributed by atoms with Gasteiger partial charge in [0.05, 0.1) is 19.3 Å². The van der Waals surface area contributed by atoms with Gasteiger partial charge in [0.15, 0.2) is 6.10 Å². The molecule has 1 N–H and O–H groups in total. The van der Waals surface area contributed by atoms with Gasteiger partial charge in [-0.05, 0) is 5.56 Å². The Hall–Kier alpha value is -2.07. The topological polar surface area (TPSA) is 89.5 Å². The van der Waals surface area contributed by atoms with Crippen LogP contribution in [0, 0.1) is 5.92 Å². The standard InChI is InChI=1S/C24H29N2O5S.BrH/c1-32(29,30)25-23(20-10-6-3-7-11-20)24(28)31-22-17-26(14-12-19(22)13-15-26)16-21(27)18-8-4-2-5-9-18;/h2-11,19,22-23,25H,12-17H2,1H3;1H/q+1;/p-1/t19?,22-,23?,26?;/m0./s1. The summed E-state index contributed by atoms with van der Waals surface area (Å²) in [5.74, 6) is -0.273. The Labute approximate surface area is 205 Å². The van der Waals surface area contributed by atoms with Gasteiger partial charge in [-0.2, -0.15) is 4.72 Å². The SMILES string of the molecule is CS(=O)(=O)NC(C(=O)O[C@H]1C[N+]2(CC(=O)c3ccccc3)CCC1CC2)c1ccccc1.[Br-]. The van der Waals surface area contributed by atoms with E-state index in [1.54, 1.807) is 30.3 Å². The smallest absolute Gasteiger partial charge is 0.329 e. The lowest BCUT2D eigenvalue weighted by Gasteiger charge is -2.51. The Morgan fingerprint density at radius 3 is 2.18 bits per heavy atom. The Morgan fingerprint density at radius 1 is 1.03 bits per heavy atom. The van der Waals surface area contributed by atoms with Gasteiger partial charge in [-0.15, -0.1) is 0 Å². The van der Waals surface area contributed by atoms with Gasteiger partial charge in [0.1, 0.15) is 19.1 Å². The summed E-state index contributed by atoms with van der Waals surface area (Å²) >= 11 is 0. The van der Waals surface area contributed by atoms with Crippen LogP contribution in [-0.2, 0) is 19.6 Å². The number of nitrogens with one attached hydrogen (secondary N) is 1. The van der Waals surface area contributed by atoms with Crippen molar-refractivity contribution in [2.75, 3.05) is 32.4 Å². The zero-order valence-electron chi connectivity index (χ0n) is 18.5. The monoisotopic (exact) mass is 536 g/mol. The summed E-state index contributed by atoms with van der Waals surface area (Å²) in [5, 5.41) is 0. The van der Waals surface area contributed by atoms with E-state index in [0.717, 1.165) is 32.2 Å². The van der Waals surface area contributed by atoms with Crippen LogP contribution in [0.2, 0.25) is 0 Å². The van der Waals surface area contributed by atoms with Crippen LogP contribution in [0.25, 0.3) is 0 Å². The average molecular weight is 537 g/mol. The number of quaternary nitrogens is 1. The number of hydrogen-bond donors (Lipinski definition) is 1. The minimum absolute atomic E-state index is 0. The number of Topliss-reactive ketones (excluding diaryl/α,β-unsaturated/α-hetero) is 1. The molecule has 2 atom stereocenters. The normalized spacial score (nSPS) is 25.0. The first-order valence-electron chi connectivity index (χ1n) is 10.9. The number of fused-ring (bicyclic) bond motifs is 3. The van der Waals surface area contributed by atoms with Gasteiger partial charge in [0, 0.05) is 24.3 Å². The predicted molar refractivity (Wildman–Crippen MR) is 120 cm³/mol. The number of carbonyl (C=O) groups is 2. The molecule has 178 valence electrons. The number of rotatable bonds is 8. The number of hydrogen-bond acceptors (Lipinski definition) is 5. The molecule has 3 aliphatic rings. The van der Waals surface area contributed by atoms with Gasteiger partial charge in [0.25, 0.3) is 0 Å². The summed E-state index contributed by atoms with van der Waals surface area (Å²) in [6.07, 6.45) is 2.46. The number of piperidine rings is 3. The zero-order chi connectivity index (χ0) is 22.8. The van der Waals surface area contributed by atoms with Crippen LogP contribution in [0.15, 0.2) is 60.7 Å².